The van der Waals surface area contributed by atoms with Crippen LogP contribution in [-0.2, 0) is 11.8 Å². The molecule has 1 unspecified atom stereocenters. The van der Waals surface area contributed by atoms with E-state index in [0.29, 0.717) is 29.4 Å². The summed E-state index contributed by atoms with van der Waals surface area (Å²) >= 11 is 0. The fourth-order valence-electron chi connectivity index (χ4n) is 7.43. The first kappa shape index (κ1) is 27.0. The van der Waals surface area contributed by atoms with Gasteiger partial charge in [0.2, 0.25) is 0 Å². The molecule has 7 rings (SSSR count). The molecule has 6 heteroatoms. The lowest BCUT2D eigenvalue weighted by Gasteiger charge is -2.51. The number of aromatic nitrogens is 3. The topological polar surface area (TPSA) is 62.1 Å². The van der Waals surface area contributed by atoms with Crippen molar-refractivity contribution in [1.82, 2.24) is 15.0 Å². The van der Waals surface area contributed by atoms with Gasteiger partial charge in [0.05, 0.1) is 17.5 Å². The van der Waals surface area contributed by atoms with Gasteiger partial charge in [0.25, 0.3) is 0 Å². The number of rotatable bonds is 5. The van der Waals surface area contributed by atoms with Gasteiger partial charge in [0.1, 0.15) is 5.82 Å². The van der Waals surface area contributed by atoms with Crippen LogP contribution in [0.2, 0.25) is 0 Å². The maximum atomic E-state index is 15.3. The summed E-state index contributed by atoms with van der Waals surface area (Å²) in [6, 6.07) is 21.2. The molecule has 2 saturated carbocycles. The molecule has 4 aromatic rings. The molecule has 2 aromatic carbocycles. The van der Waals surface area contributed by atoms with Crippen LogP contribution in [0.15, 0.2) is 84.7 Å². The number of hydrogen-bond acceptors (Lipinski definition) is 5. The predicted octanol–water partition coefficient (Wildman–Crippen LogP) is 7.46. The Morgan fingerprint density at radius 2 is 1.76 bits per heavy atom. The van der Waals surface area contributed by atoms with Gasteiger partial charge in [-0.2, -0.15) is 0 Å². The molecule has 42 heavy (non-hydrogen) atoms. The van der Waals surface area contributed by atoms with Gasteiger partial charge >= 0.3 is 0 Å². The lowest BCUT2D eigenvalue weighted by atomic mass is 9.54. The van der Waals surface area contributed by atoms with Crippen LogP contribution in [0, 0.1) is 17.7 Å². The molecule has 5 nitrogen and oxygen atoms in total. The third-order valence-electron chi connectivity index (χ3n) is 9.84. The Hall–Kier alpha value is -3.90. The summed E-state index contributed by atoms with van der Waals surface area (Å²) in [7, 11) is 2.03. The molecule has 0 amide bonds. The molecule has 4 atom stereocenters. The van der Waals surface area contributed by atoms with E-state index >= 15 is 4.39 Å². The summed E-state index contributed by atoms with van der Waals surface area (Å²) < 4.78 is 15.3. The number of benzene rings is 2. The highest BCUT2D eigenvalue weighted by Gasteiger charge is 2.51. The van der Waals surface area contributed by atoms with Crippen molar-refractivity contribution in [3.63, 3.8) is 0 Å². The standard InChI is InChI=1S/C36H37FN4O/c1-22-29-16-15-28-32(27-11-7-8-12-30(27)37)39-35(24-17-18-38-31(19-24)23-13-14-23)40-34(28)36(29,2)20-25(33(22)42)21-41(3)26-9-5-4-6-10-26/h4-12,17-19,21-23,29,33,42H,13-16,20H2,1-3H3/b25-21-/t22-,29-,33?,36-/m1/s1. The Morgan fingerprint density at radius 3 is 2.52 bits per heavy atom. The van der Waals surface area contributed by atoms with E-state index in [4.69, 9.17) is 9.97 Å². The highest BCUT2D eigenvalue weighted by Crippen LogP contribution is 2.54. The minimum atomic E-state index is -0.538. The highest BCUT2D eigenvalue weighted by atomic mass is 19.1. The van der Waals surface area contributed by atoms with Gasteiger partial charge in [-0.3, -0.25) is 4.98 Å². The van der Waals surface area contributed by atoms with Gasteiger partial charge < -0.3 is 10.0 Å². The summed E-state index contributed by atoms with van der Waals surface area (Å²) in [6.45, 7) is 4.46. The summed E-state index contributed by atoms with van der Waals surface area (Å²) in [6.07, 6.45) is 8.05. The van der Waals surface area contributed by atoms with E-state index in [1.165, 1.54) is 6.07 Å². The summed E-state index contributed by atoms with van der Waals surface area (Å²) in [5.41, 5.74) is 6.92. The van der Waals surface area contributed by atoms with E-state index in [9.17, 15) is 5.11 Å². The normalized spacial score (nSPS) is 26.0. The Labute approximate surface area is 247 Å². The largest absolute Gasteiger partial charge is 0.388 e. The van der Waals surface area contributed by atoms with Crippen LogP contribution in [0.25, 0.3) is 22.6 Å². The molecule has 3 aliphatic rings. The minimum Gasteiger partial charge on any atom is -0.388 e. The van der Waals surface area contributed by atoms with Gasteiger partial charge in [0, 0.05) is 58.8 Å². The second kappa shape index (κ2) is 10.4. The SMILES string of the molecule is C[C@H]1C(O)/C(=C\N(C)c2ccccc2)C[C@@]2(C)c3nc(-c4ccnc(C5CC5)c4)nc(-c4ccccc4F)c3CC[C@H]12. The molecule has 0 saturated heterocycles. The van der Waals surface area contributed by atoms with Crippen LogP contribution < -0.4 is 4.90 Å². The van der Waals surface area contributed by atoms with Crippen LogP contribution in [0.1, 0.15) is 62.4 Å². The van der Waals surface area contributed by atoms with Crippen LogP contribution in [0.3, 0.4) is 0 Å². The summed E-state index contributed by atoms with van der Waals surface area (Å²) in [5.74, 6) is 1.12. The first-order valence-electron chi connectivity index (χ1n) is 15.1. The van der Waals surface area contributed by atoms with E-state index in [1.807, 2.05) is 49.6 Å². The van der Waals surface area contributed by atoms with Crippen molar-refractivity contribution in [2.24, 2.45) is 11.8 Å². The number of fused-ring (bicyclic) bond motifs is 3. The number of hydrogen-bond donors (Lipinski definition) is 1. The van der Waals surface area contributed by atoms with Crippen molar-refractivity contribution in [3.05, 3.63) is 107 Å². The van der Waals surface area contributed by atoms with Crippen molar-refractivity contribution in [3.8, 4) is 22.6 Å². The number of halogens is 1. The third kappa shape index (κ3) is 4.62. The number of aliphatic hydroxyl groups is 1. The Kier molecular flexibility index (Phi) is 6.69. The van der Waals surface area contributed by atoms with Gasteiger partial charge in [-0.05, 0) is 85.9 Å². The van der Waals surface area contributed by atoms with Crippen molar-refractivity contribution in [2.75, 3.05) is 11.9 Å². The van der Waals surface area contributed by atoms with Crippen molar-refractivity contribution >= 4 is 5.69 Å². The maximum Gasteiger partial charge on any atom is 0.160 e. The van der Waals surface area contributed by atoms with Crippen LogP contribution in [-0.4, -0.2) is 33.2 Å². The molecule has 0 radical (unpaired) electrons. The lowest BCUT2D eigenvalue weighted by Crippen LogP contribution is -2.50. The number of nitrogens with zero attached hydrogens (tertiary/aromatic N) is 4. The zero-order chi connectivity index (χ0) is 29.0. The van der Waals surface area contributed by atoms with E-state index in [1.54, 1.807) is 6.07 Å². The molecule has 2 fully saturated rings. The fourth-order valence-corrected chi connectivity index (χ4v) is 7.43. The van der Waals surface area contributed by atoms with Gasteiger partial charge in [0.15, 0.2) is 5.82 Å². The van der Waals surface area contributed by atoms with E-state index in [2.05, 4.69) is 48.1 Å². The van der Waals surface area contributed by atoms with Crippen molar-refractivity contribution < 1.29 is 9.50 Å². The molecule has 0 aliphatic heterocycles. The fraction of sp³-hybridized carbons (Fsp3) is 0.361. The Balaban J connectivity index is 1.39. The quantitative estimate of drug-likeness (QED) is 0.274. The third-order valence-corrected chi connectivity index (χ3v) is 9.84. The van der Waals surface area contributed by atoms with Crippen LogP contribution in [0.5, 0.6) is 0 Å². The second-order valence-corrected chi connectivity index (χ2v) is 12.6. The number of anilines is 1. The van der Waals surface area contributed by atoms with Crippen molar-refractivity contribution in [1.29, 1.82) is 0 Å². The molecule has 3 aliphatic carbocycles. The lowest BCUT2D eigenvalue weighted by molar-refractivity contribution is 0.0303. The summed E-state index contributed by atoms with van der Waals surface area (Å²) in [4.78, 5) is 17.1. The maximum absolute atomic E-state index is 15.3. The van der Waals surface area contributed by atoms with Crippen LogP contribution in [0.4, 0.5) is 10.1 Å². The minimum absolute atomic E-state index is 0.0463. The Bertz CT molecular complexity index is 1670. The van der Waals surface area contributed by atoms with Gasteiger partial charge in [-0.15, -0.1) is 0 Å². The number of para-hydroxylation sites is 1. The molecule has 0 bridgehead atoms. The van der Waals surface area contributed by atoms with E-state index in [0.717, 1.165) is 59.5 Å². The number of aliphatic hydroxyl groups excluding tert-OH is 1. The first-order chi connectivity index (χ1) is 20.3. The van der Waals surface area contributed by atoms with Gasteiger partial charge in [-0.25, -0.2) is 14.4 Å². The monoisotopic (exact) mass is 560 g/mol. The first-order valence-corrected chi connectivity index (χ1v) is 15.1. The highest BCUT2D eigenvalue weighted by molar-refractivity contribution is 5.70. The Morgan fingerprint density at radius 1 is 1.00 bits per heavy atom. The molecular formula is C36H37FN4O. The second-order valence-electron chi connectivity index (χ2n) is 12.6. The van der Waals surface area contributed by atoms with E-state index in [-0.39, 0.29) is 23.1 Å². The van der Waals surface area contributed by atoms with Gasteiger partial charge in [-0.1, -0.05) is 44.2 Å². The predicted molar refractivity (Wildman–Crippen MR) is 165 cm³/mol. The molecule has 2 heterocycles. The molecule has 2 aromatic heterocycles. The molecule has 214 valence electrons. The van der Waals surface area contributed by atoms with Crippen molar-refractivity contribution in [2.45, 2.75) is 63.4 Å². The average Bonchev–Trinajstić information content (AvgIpc) is 3.86. The van der Waals surface area contributed by atoms with Crippen LogP contribution >= 0.6 is 0 Å². The van der Waals surface area contributed by atoms with E-state index < -0.39 is 6.10 Å². The molecule has 0 spiro atoms. The molecule has 1 N–H and O–H groups in total. The zero-order valence-corrected chi connectivity index (χ0v) is 24.5. The summed E-state index contributed by atoms with van der Waals surface area (Å²) in [5, 5.41) is 11.5. The average molecular weight is 561 g/mol. The zero-order valence-electron chi connectivity index (χ0n) is 24.5. The molecular weight excluding hydrogens is 523 g/mol. The number of pyridine rings is 1. The smallest absolute Gasteiger partial charge is 0.160 e.